The maximum absolute atomic E-state index is 11.4. The standard InChI is InChI=1S/C11H23NO2/c1-6-9(4)7-12-10(8(2)3)11(13)14-5/h8-10,12H,6-7H2,1-5H3/t9?,10-/m0/s1. The van der Waals surface area contributed by atoms with E-state index < -0.39 is 0 Å². The van der Waals surface area contributed by atoms with Gasteiger partial charge in [0.1, 0.15) is 6.04 Å². The van der Waals surface area contributed by atoms with Gasteiger partial charge < -0.3 is 10.1 Å². The third kappa shape index (κ3) is 4.61. The van der Waals surface area contributed by atoms with Crippen LogP contribution in [0.25, 0.3) is 0 Å². The van der Waals surface area contributed by atoms with E-state index in [9.17, 15) is 4.79 Å². The third-order valence-electron chi connectivity index (χ3n) is 2.50. The number of methoxy groups -OCH3 is 1. The van der Waals surface area contributed by atoms with Crippen LogP contribution in [0.4, 0.5) is 0 Å². The fourth-order valence-corrected chi connectivity index (χ4v) is 1.19. The number of esters is 1. The zero-order valence-electron chi connectivity index (χ0n) is 9.96. The largest absolute Gasteiger partial charge is 0.468 e. The van der Waals surface area contributed by atoms with Crippen LogP contribution in [-0.4, -0.2) is 25.7 Å². The molecule has 0 aromatic carbocycles. The number of ether oxygens (including phenoxy) is 1. The van der Waals surface area contributed by atoms with Crippen LogP contribution in [-0.2, 0) is 9.53 Å². The Morgan fingerprint density at radius 3 is 2.29 bits per heavy atom. The Kier molecular flexibility index (Phi) is 6.54. The van der Waals surface area contributed by atoms with Crippen molar-refractivity contribution in [2.24, 2.45) is 11.8 Å². The molecule has 0 aromatic rings. The normalized spacial score (nSPS) is 15.3. The summed E-state index contributed by atoms with van der Waals surface area (Å²) in [7, 11) is 1.43. The van der Waals surface area contributed by atoms with Gasteiger partial charge in [-0.25, -0.2) is 0 Å². The van der Waals surface area contributed by atoms with E-state index in [4.69, 9.17) is 4.74 Å². The third-order valence-corrected chi connectivity index (χ3v) is 2.50. The van der Waals surface area contributed by atoms with Gasteiger partial charge in [0.05, 0.1) is 7.11 Å². The number of carbonyl (C=O) groups is 1. The molecule has 3 nitrogen and oxygen atoms in total. The highest BCUT2D eigenvalue weighted by Gasteiger charge is 2.22. The van der Waals surface area contributed by atoms with Gasteiger partial charge in [0.15, 0.2) is 0 Å². The molecule has 0 amide bonds. The maximum Gasteiger partial charge on any atom is 0.323 e. The molecular formula is C11H23NO2. The van der Waals surface area contributed by atoms with Crippen LogP contribution in [0.1, 0.15) is 34.1 Å². The van der Waals surface area contributed by atoms with E-state index in [-0.39, 0.29) is 17.9 Å². The molecule has 14 heavy (non-hydrogen) atoms. The van der Waals surface area contributed by atoms with Crippen LogP contribution in [0.15, 0.2) is 0 Å². The lowest BCUT2D eigenvalue weighted by molar-refractivity contribution is -0.144. The van der Waals surface area contributed by atoms with Gasteiger partial charge in [-0.3, -0.25) is 4.79 Å². The first-order valence-corrected chi connectivity index (χ1v) is 5.34. The van der Waals surface area contributed by atoms with Crippen LogP contribution in [0.5, 0.6) is 0 Å². The highest BCUT2D eigenvalue weighted by atomic mass is 16.5. The molecule has 0 radical (unpaired) electrons. The fourth-order valence-electron chi connectivity index (χ4n) is 1.19. The average molecular weight is 201 g/mol. The molecule has 0 heterocycles. The molecule has 0 saturated carbocycles. The number of rotatable bonds is 6. The molecule has 1 unspecified atom stereocenters. The van der Waals surface area contributed by atoms with Crippen molar-refractivity contribution in [2.75, 3.05) is 13.7 Å². The highest BCUT2D eigenvalue weighted by molar-refractivity contribution is 5.75. The second-order valence-corrected chi connectivity index (χ2v) is 4.17. The second-order valence-electron chi connectivity index (χ2n) is 4.17. The first kappa shape index (κ1) is 13.4. The summed E-state index contributed by atoms with van der Waals surface area (Å²) in [6, 6.07) is -0.172. The molecule has 0 saturated heterocycles. The summed E-state index contributed by atoms with van der Waals surface area (Å²) in [5, 5.41) is 3.25. The highest BCUT2D eigenvalue weighted by Crippen LogP contribution is 2.05. The Morgan fingerprint density at radius 1 is 1.36 bits per heavy atom. The number of carbonyl (C=O) groups excluding carboxylic acids is 1. The molecule has 3 heteroatoms. The Balaban J connectivity index is 4.04. The number of hydrogen-bond donors (Lipinski definition) is 1. The molecule has 84 valence electrons. The smallest absolute Gasteiger partial charge is 0.323 e. The summed E-state index contributed by atoms with van der Waals surface area (Å²) in [5.41, 5.74) is 0. The van der Waals surface area contributed by atoms with Crippen molar-refractivity contribution in [3.05, 3.63) is 0 Å². The molecule has 2 atom stereocenters. The fraction of sp³-hybridized carbons (Fsp3) is 0.909. The van der Waals surface area contributed by atoms with Gasteiger partial charge in [0.25, 0.3) is 0 Å². The van der Waals surface area contributed by atoms with Crippen LogP contribution >= 0.6 is 0 Å². The molecule has 0 rings (SSSR count). The molecule has 0 aromatic heterocycles. The summed E-state index contributed by atoms with van der Waals surface area (Å²) in [6.07, 6.45) is 1.12. The van der Waals surface area contributed by atoms with Gasteiger partial charge in [0, 0.05) is 0 Å². The minimum absolute atomic E-state index is 0.164. The number of nitrogens with one attached hydrogen (secondary N) is 1. The van der Waals surface area contributed by atoms with Gasteiger partial charge in [-0.2, -0.15) is 0 Å². The summed E-state index contributed by atoms with van der Waals surface area (Å²) >= 11 is 0. The molecule has 0 spiro atoms. The first-order valence-electron chi connectivity index (χ1n) is 5.34. The van der Waals surface area contributed by atoms with Crippen molar-refractivity contribution in [1.29, 1.82) is 0 Å². The Labute approximate surface area is 87.2 Å². The lowest BCUT2D eigenvalue weighted by Gasteiger charge is -2.21. The lowest BCUT2D eigenvalue weighted by atomic mass is 10.0. The maximum atomic E-state index is 11.4. The second kappa shape index (κ2) is 6.82. The predicted octanol–water partition coefficient (Wildman–Crippen LogP) is 1.82. The van der Waals surface area contributed by atoms with Crippen LogP contribution in [0.3, 0.4) is 0 Å². The molecule has 0 fully saturated rings. The monoisotopic (exact) mass is 201 g/mol. The Hall–Kier alpha value is -0.570. The summed E-state index contributed by atoms with van der Waals surface area (Å²) < 4.78 is 4.74. The minimum atomic E-state index is -0.172. The van der Waals surface area contributed by atoms with Gasteiger partial charge in [-0.15, -0.1) is 0 Å². The zero-order chi connectivity index (χ0) is 11.1. The van der Waals surface area contributed by atoms with E-state index in [1.807, 2.05) is 13.8 Å². The van der Waals surface area contributed by atoms with Crippen molar-refractivity contribution in [1.82, 2.24) is 5.32 Å². The van der Waals surface area contributed by atoms with E-state index >= 15 is 0 Å². The molecule has 0 aliphatic carbocycles. The SMILES string of the molecule is CCC(C)CN[C@H](C(=O)OC)C(C)C. The predicted molar refractivity (Wildman–Crippen MR) is 58.1 cm³/mol. The summed E-state index contributed by atoms with van der Waals surface area (Å²) in [5.74, 6) is 0.704. The quantitative estimate of drug-likeness (QED) is 0.666. The molecular weight excluding hydrogens is 178 g/mol. The van der Waals surface area contributed by atoms with Crippen molar-refractivity contribution in [3.63, 3.8) is 0 Å². The molecule has 0 bridgehead atoms. The van der Waals surface area contributed by atoms with Gasteiger partial charge in [-0.1, -0.05) is 34.1 Å². The van der Waals surface area contributed by atoms with Gasteiger partial charge >= 0.3 is 5.97 Å². The first-order chi connectivity index (χ1) is 6.52. The van der Waals surface area contributed by atoms with Gasteiger partial charge in [-0.05, 0) is 18.4 Å². The average Bonchev–Trinajstić information content (AvgIpc) is 2.16. The topological polar surface area (TPSA) is 38.3 Å². The van der Waals surface area contributed by atoms with Crippen LogP contribution in [0.2, 0.25) is 0 Å². The van der Waals surface area contributed by atoms with Crippen molar-refractivity contribution >= 4 is 5.97 Å². The van der Waals surface area contributed by atoms with Crippen LogP contribution < -0.4 is 5.32 Å². The number of hydrogen-bond acceptors (Lipinski definition) is 3. The lowest BCUT2D eigenvalue weighted by Crippen LogP contribution is -2.43. The molecule has 1 N–H and O–H groups in total. The van der Waals surface area contributed by atoms with Crippen molar-refractivity contribution in [3.8, 4) is 0 Å². The summed E-state index contributed by atoms with van der Waals surface area (Å²) in [4.78, 5) is 11.4. The van der Waals surface area contributed by atoms with E-state index in [0.717, 1.165) is 13.0 Å². The van der Waals surface area contributed by atoms with Crippen molar-refractivity contribution < 1.29 is 9.53 Å². The zero-order valence-corrected chi connectivity index (χ0v) is 9.96. The van der Waals surface area contributed by atoms with E-state index in [1.165, 1.54) is 7.11 Å². The van der Waals surface area contributed by atoms with E-state index in [1.54, 1.807) is 0 Å². The molecule has 0 aliphatic heterocycles. The Bertz CT molecular complexity index is 169. The van der Waals surface area contributed by atoms with Crippen molar-refractivity contribution in [2.45, 2.75) is 40.2 Å². The molecule has 0 aliphatic rings. The van der Waals surface area contributed by atoms with E-state index in [0.29, 0.717) is 5.92 Å². The van der Waals surface area contributed by atoms with Gasteiger partial charge in [0.2, 0.25) is 0 Å². The van der Waals surface area contributed by atoms with E-state index in [2.05, 4.69) is 19.2 Å². The summed E-state index contributed by atoms with van der Waals surface area (Å²) in [6.45, 7) is 9.22. The van der Waals surface area contributed by atoms with Crippen LogP contribution in [0, 0.1) is 11.8 Å². The Morgan fingerprint density at radius 2 is 1.93 bits per heavy atom. The minimum Gasteiger partial charge on any atom is -0.468 e.